The highest BCUT2D eigenvalue weighted by Crippen LogP contribution is 2.25. The molecular formula is C21H20N2O3. The molecule has 26 heavy (non-hydrogen) atoms. The van der Waals surface area contributed by atoms with Crippen molar-refractivity contribution in [1.82, 2.24) is 5.32 Å². The van der Waals surface area contributed by atoms with Gasteiger partial charge in [-0.15, -0.1) is 0 Å². The molecule has 0 spiro atoms. The summed E-state index contributed by atoms with van der Waals surface area (Å²) < 4.78 is 5.67. The van der Waals surface area contributed by atoms with E-state index in [0.29, 0.717) is 17.7 Å². The number of phenolic OH excluding ortho intramolecular Hbond substituents is 1. The molecule has 1 aliphatic heterocycles. The SMILES string of the molecule is CCNC(=O)C1N=C(c2ccc(C#Cc3ccccc3)cc2O)O[C@H]1C. The van der Waals surface area contributed by atoms with Gasteiger partial charge in [0.2, 0.25) is 11.8 Å². The number of nitrogens with zero attached hydrogens (tertiary/aromatic N) is 1. The molecule has 2 N–H and O–H groups in total. The van der Waals surface area contributed by atoms with Gasteiger partial charge >= 0.3 is 0 Å². The summed E-state index contributed by atoms with van der Waals surface area (Å²) in [6.45, 7) is 4.17. The minimum absolute atomic E-state index is 0.0207. The van der Waals surface area contributed by atoms with E-state index in [1.807, 2.05) is 37.3 Å². The highest BCUT2D eigenvalue weighted by Gasteiger charge is 2.34. The molecular weight excluding hydrogens is 328 g/mol. The number of nitrogens with one attached hydrogen (secondary N) is 1. The van der Waals surface area contributed by atoms with Crippen LogP contribution in [-0.2, 0) is 9.53 Å². The molecule has 3 rings (SSSR count). The van der Waals surface area contributed by atoms with Crippen molar-refractivity contribution in [2.24, 2.45) is 4.99 Å². The molecule has 1 aliphatic rings. The predicted octanol–water partition coefficient (Wildman–Crippen LogP) is 2.46. The lowest BCUT2D eigenvalue weighted by Crippen LogP contribution is -2.38. The fourth-order valence-electron chi connectivity index (χ4n) is 2.64. The second-order valence-corrected chi connectivity index (χ2v) is 5.94. The molecule has 5 nitrogen and oxygen atoms in total. The van der Waals surface area contributed by atoms with E-state index in [1.54, 1.807) is 25.1 Å². The van der Waals surface area contributed by atoms with E-state index in [1.165, 1.54) is 0 Å². The van der Waals surface area contributed by atoms with Crippen LogP contribution in [0.5, 0.6) is 5.75 Å². The first-order chi connectivity index (χ1) is 12.6. The molecule has 1 unspecified atom stereocenters. The molecule has 0 aliphatic carbocycles. The summed E-state index contributed by atoms with van der Waals surface area (Å²) >= 11 is 0. The van der Waals surface area contributed by atoms with E-state index in [0.717, 1.165) is 5.56 Å². The second-order valence-electron chi connectivity index (χ2n) is 5.94. The minimum atomic E-state index is -0.609. The number of phenols is 1. The number of aromatic hydroxyl groups is 1. The van der Waals surface area contributed by atoms with E-state index in [4.69, 9.17) is 4.74 Å². The quantitative estimate of drug-likeness (QED) is 0.837. The van der Waals surface area contributed by atoms with E-state index in [9.17, 15) is 9.90 Å². The molecule has 0 bridgehead atoms. The van der Waals surface area contributed by atoms with Crippen molar-refractivity contribution >= 4 is 11.8 Å². The monoisotopic (exact) mass is 348 g/mol. The first-order valence-corrected chi connectivity index (χ1v) is 8.51. The van der Waals surface area contributed by atoms with Crippen molar-refractivity contribution in [2.45, 2.75) is 26.0 Å². The predicted molar refractivity (Wildman–Crippen MR) is 100 cm³/mol. The van der Waals surface area contributed by atoms with Gasteiger partial charge < -0.3 is 15.2 Å². The fraction of sp³-hybridized carbons (Fsp3) is 0.238. The number of carbonyl (C=O) groups excluding carboxylic acids is 1. The van der Waals surface area contributed by atoms with Crippen LogP contribution in [0.4, 0.5) is 0 Å². The van der Waals surface area contributed by atoms with Crippen LogP contribution >= 0.6 is 0 Å². The van der Waals surface area contributed by atoms with Crippen LogP contribution in [-0.4, -0.2) is 35.6 Å². The zero-order valence-corrected chi connectivity index (χ0v) is 14.7. The molecule has 5 heteroatoms. The van der Waals surface area contributed by atoms with Gasteiger partial charge in [-0.2, -0.15) is 0 Å². The van der Waals surface area contributed by atoms with Gasteiger partial charge in [0.05, 0.1) is 5.56 Å². The summed E-state index contributed by atoms with van der Waals surface area (Å²) in [4.78, 5) is 16.3. The van der Waals surface area contributed by atoms with Crippen LogP contribution in [0.3, 0.4) is 0 Å². The largest absolute Gasteiger partial charge is 0.507 e. The van der Waals surface area contributed by atoms with Gasteiger partial charge in [-0.1, -0.05) is 30.0 Å². The summed E-state index contributed by atoms with van der Waals surface area (Å²) in [5.74, 6) is 6.17. The van der Waals surface area contributed by atoms with E-state index >= 15 is 0 Å². The molecule has 0 fully saturated rings. The molecule has 2 aromatic carbocycles. The zero-order valence-electron chi connectivity index (χ0n) is 14.7. The van der Waals surface area contributed by atoms with Crippen molar-refractivity contribution in [3.05, 3.63) is 65.2 Å². The smallest absolute Gasteiger partial charge is 0.248 e. The third kappa shape index (κ3) is 3.86. The summed E-state index contributed by atoms with van der Waals surface area (Å²) in [6, 6.07) is 14.1. The molecule has 0 radical (unpaired) electrons. The summed E-state index contributed by atoms with van der Waals surface area (Å²) in [7, 11) is 0. The Kier molecular flexibility index (Phi) is 5.23. The Balaban J connectivity index is 1.81. The van der Waals surface area contributed by atoms with E-state index in [-0.39, 0.29) is 23.7 Å². The number of aliphatic imine (C=N–C) groups is 1. The Labute approximate surface area is 152 Å². The lowest BCUT2D eigenvalue weighted by atomic mass is 10.1. The van der Waals surface area contributed by atoms with E-state index < -0.39 is 6.04 Å². The lowest BCUT2D eigenvalue weighted by molar-refractivity contribution is -0.123. The molecule has 0 saturated heterocycles. The van der Waals surface area contributed by atoms with Crippen LogP contribution in [0.2, 0.25) is 0 Å². The lowest BCUT2D eigenvalue weighted by Gasteiger charge is -2.12. The third-order valence-corrected chi connectivity index (χ3v) is 3.97. The molecule has 2 aromatic rings. The van der Waals surface area contributed by atoms with Crippen LogP contribution < -0.4 is 5.32 Å². The Bertz CT molecular complexity index is 894. The van der Waals surface area contributed by atoms with Crippen molar-refractivity contribution in [1.29, 1.82) is 0 Å². The molecule has 0 aromatic heterocycles. The minimum Gasteiger partial charge on any atom is -0.507 e. The van der Waals surface area contributed by atoms with Gasteiger partial charge in [0.15, 0.2) is 6.04 Å². The topological polar surface area (TPSA) is 70.9 Å². The fourth-order valence-corrected chi connectivity index (χ4v) is 2.64. The first-order valence-electron chi connectivity index (χ1n) is 8.51. The van der Waals surface area contributed by atoms with Gasteiger partial charge in [0.1, 0.15) is 11.9 Å². The number of benzene rings is 2. The molecule has 1 heterocycles. The van der Waals surface area contributed by atoms with Crippen molar-refractivity contribution in [3.63, 3.8) is 0 Å². The highest BCUT2D eigenvalue weighted by atomic mass is 16.5. The Morgan fingerprint density at radius 2 is 1.92 bits per heavy atom. The van der Waals surface area contributed by atoms with Gasteiger partial charge in [-0.3, -0.25) is 4.79 Å². The van der Waals surface area contributed by atoms with Crippen molar-refractivity contribution < 1.29 is 14.6 Å². The standard InChI is InChI=1S/C21H20N2O3/c1-3-22-20(25)19-14(2)26-21(23-19)17-12-11-16(13-18(17)24)10-9-15-7-5-4-6-8-15/h4-8,11-14,19,24H,3H2,1-2H3,(H,22,25)/t14-,19?/m0/s1. The summed E-state index contributed by atoms with van der Waals surface area (Å²) in [5, 5.41) is 13.1. The number of ether oxygens (including phenoxy) is 1. The van der Waals surface area contributed by atoms with Crippen LogP contribution in [0, 0.1) is 11.8 Å². The first kappa shape index (κ1) is 17.6. The zero-order chi connectivity index (χ0) is 18.5. The summed E-state index contributed by atoms with van der Waals surface area (Å²) in [6.07, 6.45) is -0.381. The van der Waals surface area contributed by atoms with Gasteiger partial charge in [0.25, 0.3) is 0 Å². The third-order valence-electron chi connectivity index (χ3n) is 3.97. The number of amides is 1. The second kappa shape index (κ2) is 7.75. The van der Waals surface area contributed by atoms with Crippen LogP contribution in [0.1, 0.15) is 30.5 Å². The normalized spacial score (nSPS) is 18.3. The average Bonchev–Trinajstić information content (AvgIpc) is 3.02. The number of carbonyl (C=O) groups is 1. The molecule has 1 amide bonds. The molecule has 0 saturated carbocycles. The maximum atomic E-state index is 12.0. The Hall–Kier alpha value is -3.26. The number of hydrogen-bond acceptors (Lipinski definition) is 4. The molecule has 132 valence electrons. The molecule has 2 atom stereocenters. The van der Waals surface area contributed by atoms with E-state index in [2.05, 4.69) is 22.2 Å². The average molecular weight is 348 g/mol. The maximum absolute atomic E-state index is 12.0. The van der Waals surface area contributed by atoms with Crippen LogP contribution in [0.15, 0.2) is 53.5 Å². The summed E-state index contributed by atoms with van der Waals surface area (Å²) in [5.41, 5.74) is 2.04. The number of rotatable bonds is 3. The Morgan fingerprint density at radius 1 is 1.19 bits per heavy atom. The van der Waals surface area contributed by atoms with Crippen molar-refractivity contribution in [2.75, 3.05) is 6.54 Å². The van der Waals surface area contributed by atoms with Crippen molar-refractivity contribution in [3.8, 4) is 17.6 Å². The Morgan fingerprint density at radius 3 is 2.62 bits per heavy atom. The highest BCUT2D eigenvalue weighted by molar-refractivity contribution is 6.00. The number of likely N-dealkylation sites (N-methyl/N-ethyl adjacent to an activating group) is 1. The van der Waals surface area contributed by atoms with Gasteiger partial charge in [0, 0.05) is 17.7 Å². The number of hydrogen-bond donors (Lipinski definition) is 2. The van der Waals surface area contributed by atoms with Crippen LogP contribution in [0.25, 0.3) is 0 Å². The van der Waals surface area contributed by atoms with Gasteiger partial charge in [-0.25, -0.2) is 4.99 Å². The van der Waals surface area contributed by atoms with Gasteiger partial charge in [-0.05, 0) is 44.2 Å². The maximum Gasteiger partial charge on any atom is 0.248 e.